The number of pyridine rings is 1. The Hall–Kier alpha value is -1.18. The Kier molecular flexibility index (Phi) is 10.0. The molecule has 3 aliphatic carbocycles. The molecule has 4 rings (SSSR count). The van der Waals surface area contributed by atoms with Gasteiger partial charge in [0.05, 0.1) is 11.9 Å². The van der Waals surface area contributed by atoms with Crippen molar-refractivity contribution in [3.8, 4) is 0 Å². The fourth-order valence-electron chi connectivity index (χ4n) is 7.87. The second-order valence-electron chi connectivity index (χ2n) is 12.5. The summed E-state index contributed by atoms with van der Waals surface area (Å²) in [6.07, 6.45) is 10.9. The molecule has 2 bridgehead atoms. The van der Waals surface area contributed by atoms with Gasteiger partial charge in [-0.05, 0) is 42.9 Å². The minimum Gasteiger partial charge on any atom is -1.00 e. The van der Waals surface area contributed by atoms with Gasteiger partial charge in [0.2, 0.25) is 0 Å². The lowest BCUT2D eigenvalue weighted by Crippen LogP contribution is -3.00. The van der Waals surface area contributed by atoms with Gasteiger partial charge in [-0.15, -0.1) is 18.3 Å². The summed E-state index contributed by atoms with van der Waals surface area (Å²) >= 11 is 1.48. The van der Waals surface area contributed by atoms with Crippen molar-refractivity contribution < 1.29 is 41.0 Å². The summed E-state index contributed by atoms with van der Waals surface area (Å²) in [5.74, 6) is 0.258. The third-order valence-corrected chi connectivity index (χ3v) is 11.5. The third-order valence-electron chi connectivity index (χ3n) is 10.6. The molecule has 0 amide bonds. The average molecular weight is 609 g/mol. The van der Waals surface area contributed by atoms with Crippen molar-refractivity contribution in [3.63, 3.8) is 0 Å². The van der Waals surface area contributed by atoms with Crippen LogP contribution in [0.3, 0.4) is 0 Å². The molecule has 1 N–H and O–H groups in total. The molecular formula is C31H46BrNO4S. The molecule has 7 heteroatoms. The van der Waals surface area contributed by atoms with E-state index in [2.05, 4.69) is 51.2 Å². The number of halogens is 1. The number of aliphatic hydroxyl groups excluding tert-OH is 1. The van der Waals surface area contributed by atoms with Crippen molar-refractivity contribution in [1.82, 2.24) is 0 Å². The second kappa shape index (κ2) is 12.1. The maximum Gasteiger partial charge on any atom is 0.316 e. The first-order valence-electron chi connectivity index (χ1n) is 14.2. The van der Waals surface area contributed by atoms with Crippen LogP contribution < -0.4 is 21.5 Å². The molecule has 0 aromatic carbocycles. The number of unbranched alkanes of at least 4 members (excludes halogenated alkanes) is 1. The van der Waals surface area contributed by atoms with Crippen LogP contribution in [0, 0.1) is 34.0 Å². The molecule has 1 aromatic rings. The first-order valence-corrected chi connectivity index (χ1v) is 15.2. The number of hydrogen-bond donors (Lipinski definition) is 1. The molecule has 3 saturated carbocycles. The zero-order valence-corrected chi connectivity index (χ0v) is 26.2. The van der Waals surface area contributed by atoms with Crippen LogP contribution in [0.2, 0.25) is 0 Å². The van der Waals surface area contributed by atoms with E-state index in [1.165, 1.54) is 11.8 Å². The minimum absolute atomic E-state index is 0. The molecule has 5 nitrogen and oxygen atoms in total. The zero-order valence-electron chi connectivity index (χ0n) is 23.7. The Labute approximate surface area is 244 Å². The van der Waals surface area contributed by atoms with Crippen molar-refractivity contribution in [2.24, 2.45) is 34.0 Å². The van der Waals surface area contributed by atoms with E-state index in [9.17, 15) is 14.7 Å². The first-order chi connectivity index (χ1) is 17.5. The molecule has 1 aromatic heterocycles. The number of ketones is 1. The number of aromatic nitrogens is 1. The molecule has 0 saturated heterocycles. The number of carbonyl (C=O) groups excluding carboxylic acids is 2. The number of ether oxygens (including phenoxy) is 1. The van der Waals surface area contributed by atoms with Crippen molar-refractivity contribution in [1.29, 1.82) is 0 Å². The average Bonchev–Trinajstić information content (AvgIpc) is 3.25. The normalized spacial score (nSPS) is 38.4. The number of hydrogen-bond acceptors (Lipinski definition) is 5. The highest BCUT2D eigenvalue weighted by Gasteiger charge is 2.68. The number of thioether (sulfide) groups is 1. The molecule has 0 unspecified atom stereocenters. The molecule has 3 aliphatic rings. The standard InChI is InChI=1S/C31H46NO4S.BrH/c1-7-9-16-32-17-12-23(13-18-32)37-20-26(34)36-25-19-29(5,8-2)28(35)22(4)31-14-10-21(3)30(25,6)27(31)24(33)11-15-31;/h8,12-13,17-18,21-22,25,27-28,35H,2,7,9-11,14-16,19-20H2,1,3-6H3;1H/q+1;/p-1/t21-,22+,25-,27+,28+,29-,30+,31+;/m1./s1. The molecule has 0 aliphatic heterocycles. The van der Waals surface area contributed by atoms with E-state index >= 15 is 0 Å². The summed E-state index contributed by atoms with van der Waals surface area (Å²) in [4.78, 5) is 27.8. The van der Waals surface area contributed by atoms with Gasteiger partial charge >= 0.3 is 5.97 Å². The van der Waals surface area contributed by atoms with E-state index in [-0.39, 0.29) is 57.7 Å². The second-order valence-corrected chi connectivity index (χ2v) is 13.5. The molecule has 0 radical (unpaired) electrons. The molecular weight excluding hydrogens is 562 g/mol. The quantitative estimate of drug-likeness (QED) is 0.213. The summed E-state index contributed by atoms with van der Waals surface area (Å²) in [6.45, 7) is 15.8. The Balaban J connectivity index is 0.00000400. The summed E-state index contributed by atoms with van der Waals surface area (Å²) in [5.41, 5.74) is -1.33. The number of aryl methyl sites for hydroxylation is 1. The SMILES string of the molecule is C=C[C@]1(C)C[C@@H](OC(=O)CSc2cc[n+](CCCC)cc2)[C@]2(C)[C@H](C)CC[C@]3(CCC(=O)[C@H]32)[C@@H](C)[C@@H]1O.[Br-]. The number of carbonyl (C=O) groups is 2. The minimum atomic E-state index is -0.643. The summed E-state index contributed by atoms with van der Waals surface area (Å²) in [5, 5.41) is 11.6. The van der Waals surface area contributed by atoms with Crippen LogP contribution in [0.4, 0.5) is 0 Å². The Morgan fingerprint density at radius 2 is 1.95 bits per heavy atom. The highest BCUT2D eigenvalue weighted by Crippen LogP contribution is 2.68. The Bertz CT molecular complexity index is 1020. The lowest BCUT2D eigenvalue weighted by molar-refractivity contribution is -0.697. The number of esters is 1. The van der Waals surface area contributed by atoms with Crippen molar-refractivity contribution in [2.45, 2.75) is 103 Å². The van der Waals surface area contributed by atoms with E-state index in [4.69, 9.17) is 4.74 Å². The van der Waals surface area contributed by atoms with Gasteiger partial charge in [0.25, 0.3) is 0 Å². The fourth-order valence-corrected chi connectivity index (χ4v) is 8.53. The Morgan fingerprint density at radius 3 is 2.58 bits per heavy atom. The summed E-state index contributed by atoms with van der Waals surface area (Å²) < 4.78 is 8.51. The fraction of sp³-hybridized carbons (Fsp3) is 0.710. The van der Waals surface area contributed by atoms with Gasteiger partial charge < -0.3 is 26.8 Å². The van der Waals surface area contributed by atoms with Crippen LogP contribution in [-0.2, 0) is 20.9 Å². The summed E-state index contributed by atoms with van der Waals surface area (Å²) in [7, 11) is 0. The van der Waals surface area contributed by atoms with Gasteiger partial charge in [0, 0.05) is 46.6 Å². The number of Topliss-reactive ketones (excluding diaryl/α,β-unsaturated/α-hetero) is 1. The van der Waals surface area contributed by atoms with Gasteiger partial charge in [0.1, 0.15) is 18.4 Å². The maximum absolute atomic E-state index is 13.5. The first kappa shape index (κ1) is 31.3. The number of rotatable bonds is 8. The van der Waals surface area contributed by atoms with Crippen LogP contribution in [0.25, 0.3) is 0 Å². The predicted molar refractivity (Wildman–Crippen MR) is 147 cm³/mol. The van der Waals surface area contributed by atoms with Gasteiger partial charge in [-0.1, -0.05) is 47.1 Å². The van der Waals surface area contributed by atoms with Crippen molar-refractivity contribution in [2.75, 3.05) is 5.75 Å². The van der Waals surface area contributed by atoms with E-state index in [0.717, 1.165) is 43.5 Å². The topological polar surface area (TPSA) is 67.5 Å². The molecule has 1 heterocycles. The van der Waals surface area contributed by atoms with Crippen molar-refractivity contribution >= 4 is 23.5 Å². The molecule has 212 valence electrons. The lowest BCUT2D eigenvalue weighted by Gasteiger charge is -2.61. The third kappa shape index (κ3) is 5.41. The number of aliphatic hydroxyl groups is 1. The van der Waals surface area contributed by atoms with E-state index in [1.807, 2.05) is 25.1 Å². The number of nitrogens with zero attached hydrogens (tertiary/aromatic N) is 1. The molecule has 8 atom stereocenters. The van der Waals surface area contributed by atoms with Gasteiger partial charge in [-0.2, -0.15) is 0 Å². The maximum atomic E-state index is 13.5. The van der Waals surface area contributed by atoms with Crippen LogP contribution in [0.5, 0.6) is 0 Å². The van der Waals surface area contributed by atoms with E-state index in [0.29, 0.717) is 12.8 Å². The zero-order chi connectivity index (χ0) is 27.0. The van der Waals surface area contributed by atoms with Crippen LogP contribution in [0.1, 0.15) is 79.6 Å². The molecule has 38 heavy (non-hydrogen) atoms. The molecule has 0 spiro atoms. The predicted octanol–water partition coefficient (Wildman–Crippen LogP) is 2.78. The van der Waals surface area contributed by atoms with Crippen LogP contribution in [-0.4, -0.2) is 34.8 Å². The van der Waals surface area contributed by atoms with Crippen LogP contribution >= 0.6 is 11.8 Å². The smallest absolute Gasteiger partial charge is 0.316 e. The van der Waals surface area contributed by atoms with E-state index in [1.54, 1.807) is 0 Å². The van der Waals surface area contributed by atoms with Gasteiger partial charge in [0.15, 0.2) is 12.4 Å². The molecule has 3 fully saturated rings. The summed E-state index contributed by atoms with van der Waals surface area (Å²) in [6, 6.07) is 4.10. The lowest BCUT2D eigenvalue weighted by atomic mass is 9.44. The highest BCUT2D eigenvalue weighted by atomic mass is 79.9. The van der Waals surface area contributed by atoms with Crippen molar-refractivity contribution in [3.05, 3.63) is 37.2 Å². The van der Waals surface area contributed by atoms with Gasteiger partial charge in [-0.25, -0.2) is 4.57 Å². The highest BCUT2D eigenvalue weighted by molar-refractivity contribution is 8.00. The van der Waals surface area contributed by atoms with E-state index < -0.39 is 23.0 Å². The van der Waals surface area contributed by atoms with Crippen LogP contribution in [0.15, 0.2) is 42.1 Å². The monoisotopic (exact) mass is 607 g/mol. The Morgan fingerprint density at radius 1 is 1.26 bits per heavy atom. The van der Waals surface area contributed by atoms with Gasteiger partial charge in [-0.3, -0.25) is 9.59 Å². The largest absolute Gasteiger partial charge is 1.00 e.